The number of aliphatic hydroxyl groups is 1. The molecule has 12 heteroatoms. The van der Waals surface area contributed by atoms with E-state index in [-0.39, 0.29) is 12.2 Å². The third-order valence-electron chi connectivity index (χ3n) is 8.84. The largest absolute Gasteiger partial charge is 0.481 e. The molecule has 0 radical (unpaired) electrons. The zero-order chi connectivity index (χ0) is 43.8. The van der Waals surface area contributed by atoms with E-state index in [4.69, 9.17) is 68.2 Å². The highest BCUT2D eigenvalue weighted by Crippen LogP contribution is 2.22. The average Bonchev–Trinajstić information content (AvgIpc) is 3.09. The average molecular weight is 871 g/mol. The molecule has 306 valence electrons. The van der Waals surface area contributed by atoms with Crippen molar-refractivity contribution in [3.05, 3.63) is 138 Å². The van der Waals surface area contributed by atoms with Crippen molar-refractivity contribution in [1.82, 2.24) is 0 Å². The second-order valence-electron chi connectivity index (χ2n) is 13.6. The van der Waals surface area contributed by atoms with E-state index in [1.807, 2.05) is 85.7 Å². The Morgan fingerprint density at radius 1 is 0.518 bits per heavy atom. The summed E-state index contributed by atoms with van der Waals surface area (Å²) in [6.07, 6.45) is -1.30. The van der Waals surface area contributed by atoms with Gasteiger partial charge in [-0.2, -0.15) is 0 Å². The highest BCUT2D eigenvalue weighted by atomic mass is 35.5. The molecule has 4 aromatic rings. The molecule has 4 aromatic carbocycles. The van der Waals surface area contributed by atoms with Crippen LogP contribution in [0.1, 0.15) is 94.4 Å². The molecule has 0 aromatic heterocycles. The smallest absolute Gasteiger partial charge is 0.337 e. The number of hydrogen-bond donors (Lipinski definition) is 3. The van der Waals surface area contributed by atoms with Crippen molar-refractivity contribution < 1.29 is 34.5 Å². The van der Waals surface area contributed by atoms with Crippen LogP contribution in [-0.2, 0) is 20.8 Å². The zero-order valence-corrected chi connectivity index (χ0v) is 37.8. The number of aryl methyl sites for hydroxylation is 12. The Bertz CT molecular complexity index is 1990. The number of ketones is 1. The number of carboxylic acid groups (broad SMARTS) is 2. The molecule has 4 rings (SSSR count). The van der Waals surface area contributed by atoms with Crippen molar-refractivity contribution in [2.75, 3.05) is 0 Å². The maximum absolute atomic E-state index is 11.6. The summed E-state index contributed by atoms with van der Waals surface area (Å²) in [7, 11) is 0. The van der Waals surface area contributed by atoms with E-state index in [0.29, 0.717) is 11.1 Å². The van der Waals surface area contributed by atoms with Crippen LogP contribution in [0.4, 0.5) is 0 Å². The normalized spacial score (nSPS) is 10.7. The van der Waals surface area contributed by atoms with Crippen LogP contribution >= 0.6 is 58.0 Å². The lowest BCUT2D eigenvalue weighted by atomic mass is 9.97. The third-order valence-corrected chi connectivity index (χ3v) is 10.1. The fraction of sp³-hybridized carbons (Fsp3) is 0.364. The van der Waals surface area contributed by atoms with Crippen molar-refractivity contribution in [3.63, 3.8) is 0 Å². The Hall–Kier alpha value is -3.43. The number of Topliss-reactive ketones (excluding diaryl/α,β-unsaturated/α-hetero) is 1. The second-order valence-corrected chi connectivity index (χ2v) is 16.1. The van der Waals surface area contributed by atoms with Gasteiger partial charge in [0.25, 0.3) is 5.24 Å². The van der Waals surface area contributed by atoms with Gasteiger partial charge in [-0.1, -0.05) is 100 Å². The summed E-state index contributed by atoms with van der Waals surface area (Å²) in [5, 5.41) is 26.0. The molecule has 0 heterocycles. The minimum atomic E-state index is -1.42. The van der Waals surface area contributed by atoms with Crippen molar-refractivity contribution in [2.45, 2.75) is 105 Å². The number of hydrogen-bond acceptors (Lipinski definition) is 5. The number of carbonyl (C=O) groups is 4. The predicted octanol–water partition coefficient (Wildman–Crippen LogP) is 11.7. The Labute approximate surface area is 356 Å². The van der Waals surface area contributed by atoms with Gasteiger partial charge in [0.1, 0.15) is 0 Å². The molecule has 0 amide bonds. The van der Waals surface area contributed by atoms with Crippen LogP contribution in [0.15, 0.2) is 54.6 Å². The number of aliphatic hydroxyl groups excluding tert-OH is 1. The quantitative estimate of drug-likeness (QED) is 0.0958. The topological polar surface area (TPSA) is 129 Å². The number of benzene rings is 4. The van der Waals surface area contributed by atoms with E-state index < -0.39 is 33.0 Å². The first kappa shape index (κ1) is 52.6. The lowest BCUT2D eigenvalue weighted by Gasteiger charge is -2.12. The zero-order valence-electron chi connectivity index (χ0n) is 34.0. The van der Waals surface area contributed by atoms with Crippen LogP contribution in [0, 0.1) is 83.1 Å². The highest BCUT2D eigenvalue weighted by molar-refractivity contribution is 6.75. The summed E-state index contributed by atoms with van der Waals surface area (Å²) >= 11 is 25.6. The second kappa shape index (κ2) is 25.0. The van der Waals surface area contributed by atoms with Gasteiger partial charge >= 0.3 is 11.9 Å². The van der Waals surface area contributed by atoms with Crippen molar-refractivity contribution in [3.8, 4) is 0 Å². The Balaban J connectivity index is 0.000000693. The summed E-state index contributed by atoms with van der Waals surface area (Å²) in [6, 6.07) is 17.9. The number of rotatable bonds is 7. The molecular formula is C44H53Cl5O7. The van der Waals surface area contributed by atoms with E-state index >= 15 is 0 Å². The number of carboxylic acids is 2. The van der Waals surface area contributed by atoms with Crippen LogP contribution in [0.5, 0.6) is 0 Å². The first-order valence-corrected chi connectivity index (χ1v) is 19.5. The van der Waals surface area contributed by atoms with Crippen LogP contribution in [0.2, 0.25) is 0 Å². The standard InChI is InChI=1S/C11H12Cl2O.C11H14O3.C11H14O2.C9H12.C2HCl3O/c1-6-4-8(3)9(5-7(6)2)10(14)11(12)13;1-6-4-8(3)9(5-7(6)2)10(12)11(13)14;1-7-4-9(3)10(5-8(7)2)6-11(12)13;1-7-4-5-8(2)9(3)6-7;3-1(4)2(5)6/h4-5,11H,1-3H3;4-5,10,12H,1-3H3,(H,13,14);4-5H,6H2,1-3H3,(H,12,13);4-6H,1-3H3;1H. The van der Waals surface area contributed by atoms with E-state index in [2.05, 4.69) is 39.0 Å². The Morgan fingerprint density at radius 2 is 0.929 bits per heavy atom. The van der Waals surface area contributed by atoms with Gasteiger partial charge < -0.3 is 15.3 Å². The summed E-state index contributed by atoms with van der Waals surface area (Å²) in [5.74, 6) is -2.21. The van der Waals surface area contributed by atoms with Crippen LogP contribution < -0.4 is 0 Å². The number of carbonyl (C=O) groups excluding carboxylic acids is 2. The van der Waals surface area contributed by atoms with Crippen molar-refractivity contribution in [2.24, 2.45) is 0 Å². The van der Waals surface area contributed by atoms with Crippen LogP contribution in [0.3, 0.4) is 0 Å². The number of alkyl halides is 4. The SMILES string of the molecule is Cc1cc(C)c(C(=O)C(Cl)Cl)cc1C.Cc1cc(C)c(C(O)C(=O)O)cc1C.Cc1cc(C)c(CC(=O)O)cc1C.Cc1ccc(C)c(C)c1.O=C(Cl)C(Cl)Cl. The maximum atomic E-state index is 11.6. The molecule has 0 aliphatic heterocycles. The van der Waals surface area contributed by atoms with Gasteiger partial charge in [-0.05, 0) is 173 Å². The number of aliphatic carboxylic acids is 2. The van der Waals surface area contributed by atoms with E-state index in [0.717, 1.165) is 44.5 Å². The van der Waals surface area contributed by atoms with Crippen LogP contribution in [-0.4, -0.2) is 48.0 Å². The molecule has 0 saturated heterocycles. The van der Waals surface area contributed by atoms with E-state index in [1.165, 1.54) is 27.8 Å². The summed E-state index contributed by atoms with van der Waals surface area (Å²) in [5.41, 5.74) is 15.6. The molecule has 7 nitrogen and oxygen atoms in total. The molecule has 3 N–H and O–H groups in total. The highest BCUT2D eigenvalue weighted by Gasteiger charge is 2.19. The fourth-order valence-electron chi connectivity index (χ4n) is 5.02. The number of halogens is 5. The lowest BCUT2D eigenvalue weighted by Crippen LogP contribution is -2.12. The molecule has 0 fully saturated rings. The molecule has 1 atom stereocenters. The first-order chi connectivity index (χ1) is 25.7. The molecule has 0 bridgehead atoms. The van der Waals surface area contributed by atoms with Gasteiger partial charge in [0.15, 0.2) is 21.6 Å². The summed E-state index contributed by atoms with van der Waals surface area (Å²) in [6.45, 7) is 23.9. The summed E-state index contributed by atoms with van der Waals surface area (Å²) in [4.78, 5) is 40.3. The van der Waals surface area contributed by atoms with Crippen molar-refractivity contribution >= 4 is 81.0 Å². The minimum Gasteiger partial charge on any atom is -0.481 e. The summed E-state index contributed by atoms with van der Waals surface area (Å²) < 4.78 is 0. The molecular weight excluding hydrogens is 818 g/mol. The molecule has 0 aliphatic carbocycles. The van der Waals surface area contributed by atoms with Gasteiger partial charge in [-0.25, -0.2) is 4.79 Å². The molecule has 0 saturated carbocycles. The van der Waals surface area contributed by atoms with Gasteiger partial charge in [-0.3, -0.25) is 14.4 Å². The fourth-order valence-corrected chi connectivity index (χ4v) is 5.25. The van der Waals surface area contributed by atoms with Gasteiger partial charge in [0.2, 0.25) is 0 Å². The Morgan fingerprint density at radius 3 is 1.34 bits per heavy atom. The molecule has 56 heavy (non-hydrogen) atoms. The molecule has 0 aliphatic rings. The first-order valence-electron chi connectivity index (χ1n) is 17.4. The Kier molecular flexibility index (Phi) is 23.5. The van der Waals surface area contributed by atoms with Gasteiger partial charge in [-0.15, -0.1) is 0 Å². The minimum absolute atomic E-state index is 0.118. The van der Waals surface area contributed by atoms with Gasteiger partial charge in [0.05, 0.1) is 6.42 Å². The van der Waals surface area contributed by atoms with Crippen LogP contribution in [0.25, 0.3) is 0 Å². The maximum Gasteiger partial charge on any atom is 0.337 e. The molecule has 0 spiro atoms. The monoisotopic (exact) mass is 868 g/mol. The molecule has 1 unspecified atom stereocenters. The van der Waals surface area contributed by atoms with Crippen molar-refractivity contribution in [1.29, 1.82) is 0 Å². The van der Waals surface area contributed by atoms with E-state index in [9.17, 15) is 24.3 Å². The lowest BCUT2D eigenvalue weighted by molar-refractivity contribution is -0.147. The van der Waals surface area contributed by atoms with E-state index in [1.54, 1.807) is 13.0 Å². The third kappa shape index (κ3) is 18.7. The van der Waals surface area contributed by atoms with Gasteiger partial charge in [0, 0.05) is 5.56 Å². The predicted molar refractivity (Wildman–Crippen MR) is 233 cm³/mol.